The van der Waals surface area contributed by atoms with Crippen molar-refractivity contribution in [2.75, 3.05) is 5.32 Å². The second kappa shape index (κ2) is 5.92. The van der Waals surface area contributed by atoms with Gasteiger partial charge in [0.1, 0.15) is 0 Å². The fourth-order valence-corrected chi connectivity index (χ4v) is 1.42. The van der Waals surface area contributed by atoms with Crippen LogP contribution in [0.3, 0.4) is 0 Å². The van der Waals surface area contributed by atoms with Crippen molar-refractivity contribution >= 4 is 11.6 Å². The average molecular weight is 259 g/mol. The maximum Gasteiger partial charge on any atom is 0.321 e. The van der Waals surface area contributed by atoms with Crippen LogP contribution < -0.4 is 10.1 Å². The van der Waals surface area contributed by atoms with Gasteiger partial charge >= 0.3 is 6.01 Å². The molecule has 0 aliphatic heterocycles. The van der Waals surface area contributed by atoms with Gasteiger partial charge in [-0.2, -0.15) is 0 Å². The molecule has 0 saturated heterocycles. The van der Waals surface area contributed by atoms with Crippen LogP contribution in [-0.4, -0.2) is 21.0 Å². The Bertz CT molecular complexity index is 570. The van der Waals surface area contributed by atoms with Crippen molar-refractivity contribution in [1.29, 1.82) is 0 Å². The van der Waals surface area contributed by atoms with Gasteiger partial charge in [0.2, 0.25) is 5.91 Å². The average Bonchev–Trinajstić information content (AvgIpc) is 2.41. The molecule has 2 rings (SSSR count). The highest BCUT2D eigenvalue weighted by molar-refractivity contribution is 5.90. The van der Waals surface area contributed by atoms with E-state index >= 15 is 0 Å². The lowest BCUT2D eigenvalue weighted by Crippen LogP contribution is -2.07. The minimum Gasteiger partial charge on any atom is -0.422 e. The van der Waals surface area contributed by atoms with Crippen molar-refractivity contribution in [2.24, 2.45) is 0 Å². The molecule has 1 aromatic carbocycles. The Morgan fingerprint density at radius 2 is 2.00 bits per heavy atom. The summed E-state index contributed by atoms with van der Waals surface area (Å²) in [5.41, 5.74) is 1.15. The molecule has 0 atom stereocenters. The second-order valence-corrected chi connectivity index (χ2v) is 3.81. The van der Waals surface area contributed by atoms with Gasteiger partial charge in [-0.1, -0.05) is 12.1 Å². The molecule has 6 heteroatoms. The summed E-state index contributed by atoms with van der Waals surface area (Å²) in [6.07, 6.45) is 2.95. The molecule has 0 aliphatic carbocycles. The predicted molar refractivity (Wildman–Crippen MR) is 68.8 cm³/mol. The van der Waals surface area contributed by atoms with Crippen molar-refractivity contribution in [1.82, 2.24) is 9.97 Å². The fraction of sp³-hybridized carbons (Fsp3) is 0.154. The summed E-state index contributed by atoms with van der Waals surface area (Å²) < 4.78 is 5.49. The minimum atomic E-state index is -0.187. The van der Waals surface area contributed by atoms with Crippen molar-refractivity contribution in [3.8, 4) is 11.8 Å². The maximum absolute atomic E-state index is 11.1. The Hall–Kier alpha value is -2.47. The third kappa shape index (κ3) is 3.49. The highest BCUT2D eigenvalue weighted by atomic mass is 16.5. The molecule has 0 saturated carbocycles. The van der Waals surface area contributed by atoms with E-state index in [1.54, 1.807) is 24.3 Å². The zero-order valence-corrected chi connectivity index (χ0v) is 10.3. The van der Waals surface area contributed by atoms with E-state index in [0.717, 1.165) is 0 Å². The number of anilines is 1. The summed E-state index contributed by atoms with van der Waals surface area (Å²) in [5, 5.41) is 11.5. The first kappa shape index (κ1) is 13.0. The van der Waals surface area contributed by atoms with E-state index in [2.05, 4.69) is 15.3 Å². The van der Waals surface area contributed by atoms with Crippen LogP contribution in [0.25, 0.3) is 0 Å². The van der Waals surface area contributed by atoms with Crippen LogP contribution in [0.15, 0.2) is 36.7 Å². The molecule has 98 valence electrons. The van der Waals surface area contributed by atoms with Gasteiger partial charge < -0.3 is 15.2 Å². The fourth-order valence-electron chi connectivity index (χ4n) is 1.42. The summed E-state index contributed by atoms with van der Waals surface area (Å²) in [7, 11) is 0. The highest BCUT2D eigenvalue weighted by Gasteiger charge is 2.07. The number of carbonyl (C=O) groups excluding carboxylic acids is 1. The summed E-state index contributed by atoms with van der Waals surface area (Å²) in [5.74, 6) is 0.266. The lowest BCUT2D eigenvalue weighted by atomic mass is 10.3. The predicted octanol–water partition coefficient (Wildman–Crippen LogP) is 1.72. The normalized spacial score (nSPS) is 10.0. The third-order valence-electron chi connectivity index (χ3n) is 2.26. The van der Waals surface area contributed by atoms with Gasteiger partial charge in [0.25, 0.3) is 0 Å². The molecule has 0 fully saturated rings. The number of hydrogen-bond acceptors (Lipinski definition) is 5. The third-order valence-corrected chi connectivity index (χ3v) is 2.26. The number of carbonyl (C=O) groups is 1. The number of ether oxygens (including phenoxy) is 1. The molecule has 0 aliphatic rings. The topological polar surface area (TPSA) is 84.3 Å². The van der Waals surface area contributed by atoms with E-state index in [4.69, 9.17) is 9.84 Å². The number of nitrogens with one attached hydrogen (secondary N) is 1. The van der Waals surface area contributed by atoms with Gasteiger partial charge in [-0.3, -0.25) is 4.79 Å². The van der Waals surface area contributed by atoms with Crippen molar-refractivity contribution in [3.63, 3.8) is 0 Å². The summed E-state index contributed by atoms with van der Waals surface area (Å²) in [6.45, 7) is 1.30. The van der Waals surface area contributed by atoms with Crippen LogP contribution in [-0.2, 0) is 11.4 Å². The molecular weight excluding hydrogens is 246 g/mol. The zero-order chi connectivity index (χ0) is 13.7. The number of nitrogens with zero attached hydrogens (tertiary/aromatic N) is 2. The first-order valence-electron chi connectivity index (χ1n) is 5.65. The Balaban J connectivity index is 2.19. The zero-order valence-electron chi connectivity index (χ0n) is 10.3. The molecule has 0 unspecified atom stereocenters. The first-order chi connectivity index (χ1) is 9.19. The molecule has 6 nitrogen and oxygen atoms in total. The van der Waals surface area contributed by atoms with E-state index in [-0.39, 0.29) is 18.5 Å². The van der Waals surface area contributed by atoms with Crippen molar-refractivity contribution in [2.45, 2.75) is 13.5 Å². The molecule has 2 aromatic rings. The van der Waals surface area contributed by atoms with Crippen LogP contribution >= 0.6 is 0 Å². The van der Waals surface area contributed by atoms with Gasteiger partial charge in [-0.15, -0.1) is 0 Å². The molecule has 2 N–H and O–H groups in total. The molecule has 19 heavy (non-hydrogen) atoms. The number of benzene rings is 1. The Kier molecular flexibility index (Phi) is 4.04. The largest absolute Gasteiger partial charge is 0.422 e. The number of para-hydroxylation sites is 2. The van der Waals surface area contributed by atoms with Crippen molar-refractivity contribution < 1.29 is 14.6 Å². The lowest BCUT2D eigenvalue weighted by molar-refractivity contribution is -0.114. The Morgan fingerprint density at radius 3 is 2.63 bits per heavy atom. The Morgan fingerprint density at radius 1 is 1.32 bits per heavy atom. The number of amides is 1. The van der Waals surface area contributed by atoms with Gasteiger partial charge in [-0.05, 0) is 12.1 Å². The highest BCUT2D eigenvalue weighted by Crippen LogP contribution is 2.27. The van der Waals surface area contributed by atoms with Crippen LogP contribution in [0.2, 0.25) is 0 Å². The maximum atomic E-state index is 11.1. The first-order valence-corrected chi connectivity index (χ1v) is 5.65. The molecule has 1 amide bonds. The Labute approximate surface area is 110 Å². The van der Waals surface area contributed by atoms with Gasteiger partial charge in [0.05, 0.1) is 12.3 Å². The van der Waals surface area contributed by atoms with Crippen molar-refractivity contribution in [3.05, 3.63) is 42.2 Å². The molecule has 1 aromatic heterocycles. The van der Waals surface area contributed by atoms with E-state index in [0.29, 0.717) is 17.0 Å². The molecule has 1 heterocycles. The van der Waals surface area contributed by atoms with Crippen LogP contribution in [0.1, 0.15) is 12.5 Å². The number of rotatable bonds is 4. The lowest BCUT2D eigenvalue weighted by Gasteiger charge is -2.09. The minimum absolute atomic E-state index is 0.122. The van der Waals surface area contributed by atoms with E-state index in [9.17, 15) is 4.79 Å². The SMILES string of the molecule is CC(=O)Nc1ccccc1Oc1ncc(CO)cn1. The molecular formula is C13H13N3O3. The summed E-state index contributed by atoms with van der Waals surface area (Å²) in [6, 6.07) is 7.14. The summed E-state index contributed by atoms with van der Waals surface area (Å²) in [4.78, 5) is 19.0. The molecule has 0 radical (unpaired) electrons. The monoisotopic (exact) mass is 259 g/mol. The van der Waals surface area contributed by atoms with Gasteiger partial charge in [0.15, 0.2) is 5.75 Å². The van der Waals surface area contributed by atoms with Gasteiger partial charge in [0, 0.05) is 24.9 Å². The second-order valence-electron chi connectivity index (χ2n) is 3.81. The van der Waals surface area contributed by atoms with E-state index in [1.165, 1.54) is 19.3 Å². The number of hydrogen-bond donors (Lipinski definition) is 2. The summed E-state index contributed by atoms with van der Waals surface area (Å²) >= 11 is 0. The van der Waals surface area contributed by atoms with Crippen LogP contribution in [0.5, 0.6) is 11.8 Å². The van der Waals surface area contributed by atoms with Gasteiger partial charge in [-0.25, -0.2) is 9.97 Å². The smallest absolute Gasteiger partial charge is 0.321 e. The van der Waals surface area contributed by atoms with Crippen LogP contribution in [0, 0.1) is 0 Å². The number of aliphatic hydroxyl groups excluding tert-OH is 1. The molecule has 0 spiro atoms. The standard InChI is InChI=1S/C13H13N3O3/c1-9(18)16-11-4-2-3-5-12(11)19-13-14-6-10(8-17)7-15-13/h2-7,17H,8H2,1H3,(H,16,18). The van der Waals surface area contributed by atoms with E-state index < -0.39 is 0 Å². The number of aromatic nitrogens is 2. The molecule has 0 bridgehead atoms. The quantitative estimate of drug-likeness (QED) is 0.873. The van der Waals surface area contributed by atoms with E-state index in [1.807, 2.05) is 0 Å². The van der Waals surface area contributed by atoms with Crippen LogP contribution in [0.4, 0.5) is 5.69 Å². The number of aliphatic hydroxyl groups is 1.